The molecule has 0 aromatic carbocycles. The van der Waals surface area contributed by atoms with Gasteiger partial charge >= 0.3 is 0 Å². The van der Waals surface area contributed by atoms with Crippen LogP contribution < -0.4 is 0 Å². The highest BCUT2D eigenvalue weighted by Gasteiger charge is 2.10. The van der Waals surface area contributed by atoms with Gasteiger partial charge in [-0.3, -0.25) is 10.1 Å². The molecule has 0 aliphatic heterocycles. The Morgan fingerprint density at radius 1 is 1.63 bits per heavy atom. The van der Waals surface area contributed by atoms with Crippen LogP contribution in [0, 0.1) is 10.1 Å². The first-order valence-electron chi connectivity index (χ1n) is 5.25. The third-order valence-corrected chi connectivity index (χ3v) is 3.05. The molecular weight excluding hydrogens is 290 g/mol. The van der Waals surface area contributed by atoms with E-state index in [0.717, 1.165) is 11.1 Å². The van der Waals surface area contributed by atoms with Crippen LogP contribution in [-0.4, -0.2) is 47.2 Å². The second kappa shape index (κ2) is 7.05. The Morgan fingerprint density at radius 3 is 2.79 bits per heavy atom. The van der Waals surface area contributed by atoms with Gasteiger partial charge < -0.3 is 9.80 Å². The van der Waals surface area contributed by atoms with E-state index in [1.807, 2.05) is 0 Å². The van der Waals surface area contributed by atoms with Gasteiger partial charge in [-0.15, -0.1) is 11.3 Å². The molecule has 9 heteroatoms. The van der Waals surface area contributed by atoms with Crippen molar-refractivity contribution in [3.63, 3.8) is 0 Å². The van der Waals surface area contributed by atoms with Crippen molar-refractivity contribution in [2.75, 3.05) is 21.1 Å². The van der Waals surface area contributed by atoms with Gasteiger partial charge in [-0.1, -0.05) is 11.6 Å². The molecule has 0 aliphatic rings. The summed E-state index contributed by atoms with van der Waals surface area (Å²) in [6.07, 6.45) is 4.01. The second-order valence-corrected chi connectivity index (χ2v) is 5.61. The summed E-state index contributed by atoms with van der Waals surface area (Å²) in [5, 5.41) is 10.6. The van der Waals surface area contributed by atoms with Crippen molar-refractivity contribution in [2.45, 2.75) is 6.54 Å². The fraction of sp³-hybridized carbons (Fsp3) is 0.400. The van der Waals surface area contributed by atoms with Gasteiger partial charge in [0.05, 0.1) is 17.8 Å². The molecule has 0 saturated carbocycles. The van der Waals surface area contributed by atoms with Crippen LogP contribution in [0.25, 0.3) is 0 Å². The van der Waals surface area contributed by atoms with Crippen molar-refractivity contribution < 1.29 is 4.92 Å². The van der Waals surface area contributed by atoms with Crippen LogP contribution in [0.15, 0.2) is 23.2 Å². The molecule has 19 heavy (non-hydrogen) atoms. The van der Waals surface area contributed by atoms with E-state index in [4.69, 9.17) is 11.6 Å². The SMILES string of the molecule is CN(C)C=NC(=C[N+](=O)[O-])N(C)Cc1cnc(Cl)s1. The molecule has 1 heterocycles. The molecule has 1 rings (SSSR count). The van der Waals surface area contributed by atoms with Gasteiger partial charge in [-0.05, 0) is 0 Å². The average molecular weight is 304 g/mol. The number of thiazole rings is 1. The molecule has 0 aliphatic carbocycles. The maximum absolute atomic E-state index is 10.6. The average Bonchev–Trinajstić information content (AvgIpc) is 2.69. The minimum Gasteiger partial charge on any atom is -0.369 e. The predicted octanol–water partition coefficient (Wildman–Crippen LogP) is 1.89. The predicted molar refractivity (Wildman–Crippen MR) is 75.8 cm³/mol. The number of hydrogen-bond donors (Lipinski definition) is 0. The molecule has 1 aromatic rings. The highest BCUT2D eigenvalue weighted by molar-refractivity contribution is 7.15. The Balaban J connectivity index is 2.82. The number of nitrogens with zero attached hydrogens (tertiary/aromatic N) is 5. The minimum absolute atomic E-state index is 0.253. The quantitative estimate of drug-likeness (QED) is 0.347. The van der Waals surface area contributed by atoms with Crippen LogP contribution in [0.2, 0.25) is 4.47 Å². The Hall–Kier alpha value is -1.67. The molecular formula is C10H14ClN5O2S. The fourth-order valence-corrected chi connectivity index (χ4v) is 2.20. The largest absolute Gasteiger partial charge is 0.369 e. The van der Waals surface area contributed by atoms with E-state index in [0.29, 0.717) is 11.0 Å². The molecule has 0 fully saturated rings. The van der Waals surface area contributed by atoms with E-state index in [1.54, 1.807) is 37.1 Å². The van der Waals surface area contributed by atoms with Crippen LogP contribution in [0.1, 0.15) is 4.88 Å². The number of hydrogen-bond acceptors (Lipinski definition) is 6. The highest BCUT2D eigenvalue weighted by atomic mass is 35.5. The topological polar surface area (TPSA) is 74.9 Å². The smallest absolute Gasteiger partial charge is 0.276 e. The van der Waals surface area contributed by atoms with Crippen molar-refractivity contribution in [2.24, 2.45) is 4.99 Å². The van der Waals surface area contributed by atoms with Crippen LogP contribution in [0.5, 0.6) is 0 Å². The monoisotopic (exact) mass is 303 g/mol. The molecule has 104 valence electrons. The summed E-state index contributed by atoms with van der Waals surface area (Å²) >= 11 is 7.07. The van der Waals surface area contributed by atoms with E-state index < -0.39 is 4.92 Å². The summed E-state index contributed by atoms with van der Waals surface area (Å²) in [6.45, 7) is 0.453. The molecule has 0 saturated heterocycles. The van der Waals surface area contributed by atoms with Crippen molar-refractivity contribution in [3.05, 3.63) is 37.7 Å². The molecule has 0 bridgehead atoms. The first kappa shape index (κ1) is 15.4. The Labute approximate surface area is 120 Å². The normalized spacial score (nSPS) is 11.9. The third kappa shape index (κ3) is 5.66. The Kier molecular flexibility index (Phi) is 5.71. The van der Waals surface area contributed by atoms with Crippen molar-refractivity contribution in [1.82, 2.24) is 14.8 Å². The van der Waals surface area contributed by atoms with Crippen molar-refractivity contribution in [1.29, 1.82) is 0 Å². The van der Waals surface area contributed by atoms with E-state index in [2.05, 4.69) is 9.98 Å². The van der Waals surface area contributed by atoms with E-state index in [-0.39, 0.29) is 5.82 Å². The van der Waals surface area contributed by atoms with Gasteiger partial charge in [0.25, 0.3) is 6.20 Å². The lowest BCUT2D eigenvalue weighted by molar-refractivity contribution is -0.404. The maximum Gasteiger partial charge on any atom is 0.276 e. The summed E-state index contributed by atoms with van der Waals surface area (Å²) in [5.74, 6) is 0.253. The Morgan fingerprint density at radius 2 is 2.32 bits per heavy atom. The number of aliphatic imine (C=N–C) groups is 1. The lowest BCUT2D eigenvalue weighted by Gasteiger charge is -2.16. The molecule has 0 atom stereocenters. The lowest BCUT2D eigenvalue weighted by Crippen LogP contribution is -2.18. The van der Waals surface area contributed by atoms with E-state index in [9.17, 15) is 10.1 Å². The number of rotatable bonds is 6. The summed E-state index contributed by atoms with van der Waals surface area (Å²) in [7, 11) is 5.29. The van der Waals surface area contributed by atoms with Gasteiger partial charge in [0, 0.05) is 32.2 Å². The van der Waals surface area contributed by atoms with Gasteiger partial charge in [0.15, 0.2) is 4.47 Å². The van der Waals surface area contributed by atoms with Crippen LogP contribution in [0.4, 0.5) is 0 Å². The standard InChI is InChI=1S/C10H14ClN5O2S/c1-14(2)7-13-9(6-16(17)18)15(3)5-8-4-12-10(11)19-8/h4,6-7H,5H2,1-3H3. The highest BCUT2D eigenvalue weighted by Crippen LogP contribution is 2.20. The first-order valence-corrected chi connectivity index (χ1v) is 6.45. The van der Waals surface area contributed by atoms with E-state index >= 15 is 0 Å². The summed E-state index contributed by atoms with van der Waals surface area (Å²) in [5.41, 5.74) is 0. The summed E-state index contributed by atoms with van der Waals surface area (Å²) < 4.78 is 0.444. The van der Waals surface area contributed by atoms with Crippen LogP contribution in [-0.2, 0) is 6.54 Å². The van der Waals surface area contributed by atoms with Gasteiger partial charge in [0.1, 0.15) is 0 Å². The van der Waals surface area contributed by atoms with Gasteiger partial charge in [-0.2, -0.15) is 0 Å². The Bertz CT molecular complexity index is 500. The van der Waals surface area contributed by atoms with Crippen molar-refractivity contribution in [3.8, 4) is 0 Å². The zero-order valence-corrected chi connectivity index (χ0v) is 12.4. The van der Waals surface area contributed by atoms with Crippen LogP contribution >= 0.6 is 22.9 Å². The van der Waals surface area contributed by atoms with Crippen LogP contribution in [0.3, 0.4) is 0 Å². The fourth-order valence-electron chi connectivity index (χ4n) is 1.17. The zero-order chi connectivity index (χ0) is 14.4. The van der Waals surface area contributed by atoms with Gasteiger partial charge in [-0.25, -0.2) is 9.98 Å². The molecule has 7 nitrogen and oxygen atoms in total. The molecule has 0 amide bonds. The van der Waals surface area contributed by atoms with E-state index in [1.165, 1.54) is 17.7 Å². The summed E-state index contributed by atoms with van der Waals surface area (Å²) in [4.78, 5) is 22.3. The van der Waals surface area contributed by atoms with Gasteiger partial charge in [0.2, 0.25) is 5.82 Å². The zero-order valence-electron chi connectivity index (χ0n) is 10.8. The molecule has 0 unspecified atom stereocenters. The summed E-state index contributed by atoms with van der Waals surface area (Å²) in [6, 6.07) is 0. The number of nitro groups is 1. The molecule has 1 aromatic heterocycles. The number of aromatic nitrogens is 1. The second-order valence-electron chi connectivity index (χ2n) is 3.92. The molecule has 0 radical (unpaired) electrons. The minimum atomic E-state index is -0.529. The lowest BCUT2D eigenvalue weighted by atomic mass is 10.5. The molecule has 0 spiro atoms. The maximum atomic E-state index is 10.6. The van der Waals surface area contributed by atoms with Crippen molar-refractivity contribution >= 4 is 29.3 Å². The first-order chi connectivity index (χ1) is 8.88. The third-order valence-electron chi connectivity index (χ3n) is 1.95. The molecule has 0 N–H and O–H groups in total. The number of halogens is 1.